The third-order valence-corrected chi connectivity index (χ3v) is 4.46. The first-order valence-corrected chi connectivity index (χ1v) is 8.70. The summed E-state index contributed by atoms with van der Waals surface area (Å²) < 4.78 is 39.8. The maximum Gasteiger partial charge on any atom is 0.433 e. The highest BCUT2D eigenvalue weighted by Crippen LogP contribution is 2.28. The second-order valence-corrected chi connectivity index (χ2v) is 6.51. The molecule has 1 aromatic carbocycles. The average Bonchev–Trinajstić information content (AvgIpc) is 3.13. The third kappa shape index (κ3) is 3.82. The number of fused-ring (bicyclic) bond motifs is 1. The molecule has 0 unspecified atom stereocenters. The van der Waals surface area contributed by atoms with E-state index >= 15 is 0 Å². The zero-order chi connectivity index (χ0) is 20.6. The average molecular weight is 396 g/mol. The Kier molecular flexibility index (Phi) is 4.54. The number of nitrogens with zero attached hydrogens (tertiary/aromatic N) is 3. The largest absolute Gasteiger partial charge is 0.433 e. The Hall–Kier alpha value is -3.68. The van der Waals surface area contributed by atoms with E-state index in [1.54, 1.807) is 6.07 Å². The number of imidazole rings is 1. The van der Waals surface area contributed by atoms with E-state index in [2.05, 4.69) is 15.3 Å². The summed E-state index contributed by atoms with van der Waals surface area (Å²) in [7, 11) is 0. The molecule has 0 bridgehead atoms. The Labute approximate surface area is 163 Å². The zero-order valence-electron chi connectivity index (χ0n) is 15.2. The second-order valence-electron chi connectivity index (χ2n) is 6.51. The molecule has 8 heteroatoms. The SMILES string of the molecule is Cc1ccc(-c2cn3ccccc3n2)cc1NC(=O)c1ccc(C(F)(F)F)nc1. The molecule has 1 amide bonds. The number of hydrogen-bond acceptors (Lipinski definition) is 3. The molecule has 5 nitrogen and oxygen atoms in total. The molecule has 0 fully saturated rings. The van der Waals surface area contributed by atoms with Crippen LogP contribution in [0.25, 0.3) is 16.9 Å². The quantitative estimate of drug-likeness (QED) is 0.532. The lowest BCUT2D eigenvalue weighted by Gasteiger charge is -2.11. The van der Waals surface area contributed by atoms with Crippen LogP contribution in [0.15, 0.2) is 67.1 Å². The summed E-state index contributed by atoms with van der Waals surface area (Å²) in [6.07, 6.45) is 0.138. The third-order valence-electron chi connectivity index (χ3n) is 4.46. The first kappa shape index (κ1) is 18.7. The highest BCUT2D eigenvalue weighted by atomic mass is 19.4. The predicted octanol–water partition coefficient (Wildman–Crippen LogP) is 4.98. The maximum atomic E-state index is 12.6. The lowest BCUT2D eigenvalue weighted by atomic mass is 10.1. The number of carbonyl (C=O) groups is 1. The molecule has 3 aromatic heterocycles. The Morgan fingerprint density at radius 3 is 2.62 bits per heavy atom. The van der Waals surface area contributed by atoms with Crippen molar-refractivity contribution in [3.05, 3.63) is 83.9 Å². The number of halogens is 3. The van der Waals surface area contributed by atoms with Crippen LogP contribution in [0, 0.1) is 6.92 Å². The number of anilines is 1. The number of rotatable bonds is 3. The van der Waals surface area contributed by atoms with E-state index in [1.165, 1.54) is 0 Å². The number of aromatic nitrogens is 3. The van der Waals surface area contributed by atoms with Gasteiger partial charge < -0.3 is 9.72 Å². The van der Waals surface area contributed by atoms with E-state index in [0.717, 1.165) is 40.8 Å². The summed E-state index contributed by atoms with van der Waals surface area (Å²) in [5, 5.41) is 2.73. The zero-order valence-corrected chi connectivity index (χ0v) is 15.2. The van der Waals surface area contributed by atoms with Gasteiger partial charge in [0.15, 0.2) is 0 Å². The Morgan fingerprint density at radius 1 is 1.10 bits per heavy atom. The van der Waals surface area contributed by atoms with E-state index < -0.39 is 17.8 Å². The normalized spacial score (nSPS) is 11.6. The first-order valence-electron chi connectivity index (χ1n) is 8.70. The van der Waals surface area contributed by atoms with Crippen LogP contribution in [0.4, 0.5) is 18.9 Å². The highest BCUT2D eigenvalue weighted by molar-refractivity contribution is 6.04. The maximum absolute atomic E-state index is 12.6. The van der Waals surface area contributed by atoms with Crippen molar-refractivity contribution in [2.75, 3.05) is 5.32 Å². The van der Waals surface area contributed by atoms with Gasteiger partial charge in [0.05, 0.1) is 11.3 Å². The van der Waals surface area contributed by atoms with E-state index in [-0.39, 0.29) is 5.56 Å². The minimum Gasteiger partial charge on any atom is -0.322 e. The van der Waals surface area contributed by atoms with Crippen LogP contribution in [0.5, 0.6) is 0 Å². The highest BCUT2D eigenvalue weighted by Gasteiger charge is 2.32. The number of amides is 1. The number of pyridine rings is 2. The fraction of sp³-hybridized carbons (Fsp3) is 0.0952. The number of alkyl halides is 3. The molecule has 29 heavy (non-hydrogen) atoms. The van der Waals surface area contributed by atoms with Gasteiger partial charge >= 0.3 is 6.18 Å². The molecule has 0 aliphatic heterocycles. The van der Waals surface area contributed by atoms with E-state index in [1.807, 2.05) is 54.0 Å². The van der Waals surface area contributed by atoms with Gasteiger partial charge in [-0.2, -0.15) is 13.2 Å². The molecule has 4 aromatic rings. The van der Waals surface area contributed by atoms with Crippen molar-refractivity contribution in [1.82, 2.24) is 14.4 Å². The number of aryl methyl sites for hydroxylation is 1. The molecular weight excluding hydrogens is 381 g/mol. The molecule has 0 aliphatic rings. The standard InChI is InChI=1S/C21H15F3N4O/c1-13-5-6-14(17-12-28-9-3-2-4-19(28)26-17)10-16(13)27-20(29)15-7-8-18(25-11-15)21(22,23)24/h2-12H,1H3,(H,27,29). The lowest BCUT2D eigenvalue weighted by Crippen LogP contribution is -2.15. The summed E-state index contributed by atoms with van der Waals surface area (Å²) in [5.74, 6) is -0.540. The van der Waals surface area contributed by atoms with Crippen molar-refractivity contribution in [1.29, 1.82) is 0 Å². The summed E-state index contributed by atoms with van der Waals surface area (Å²) in [5.41, 5.74) is 2.69. The number of carbonyl (C=O) groups excluding carboxylic acids is 1. The predicted molar refractivity (Wildman–Crippen MR) is 103 cm³/mol. The molecule has 1 N–H and O–H groups in total. The lowest BCUT2D eigenvalue weighted by molar-refractivity contribution is -0.141. The van der Waals surface area contributed by atoms with Crippen LogP contribution in [-0.4, -0.2) is 20.3 Å². The van der Waals surface area contributed by atoms with Gasteiger partial charge in [0, 0.05) is 29.8 Å². The summed E-state index contributed by atoms with van der Waals surface area (Å²) in [4.78, 5) is 20.3. The molecular formula is C21H15F3N4O. The molecule has 146 valence electrons. The van der Waals surface area contributed by atoms with Gasteiger partial charge in [-0.3, -0.25) is 9.78 Å². The first-order chi connectivity index (χ1) is 13.8. The van der Waals surface area contributed by atoms with E-state index in [9.17, 15) is 18.0 Å². The van der Waals surface area contributed by atoms with Gasteiger partial charge in [-0.05, 0) is 42.8 Å². The molecule has 0 saturated carbocycles. The minimum absolute atomic E-state index is 0.0375. The van der Waals surface area contributed by atoms with Crippen molar-refractivity contribution in [2.24, 2.45) is 0 Å². The Bertz CT molecular complexity index is 1160. The monoisotopic (exact) mass is 396 g/mol. The van der Waals surface area contributed by atoms with Crippen molar-refractivity contribution in [3.63, 3.8) is 0 Å². The number of hydrogen-bond donors (Lipinski definition) is 1. The molecule has 0 aliphatic carbocycles. The van der Waals surface area contributed by atoms with Gasteiger partial charge in [-0.25, -0.2) is 4.98 Å². The Morgan fingerprint density at radius 2 is 1.93 bits per heavy atom. The van der Waals surface area contributed by atoms with Crippen molar-refractivity contribution in [3.8, 4) is 11.3 Å². The molecule has 3 heterocycles. The molecule has 4 rings (SSSR count). The molecule has 0 radical (unpaired) electrons. The van der Waals surface area contributed by atoms with Crippen molar-refractivity contribution < 1.29 is 18.0 Å². The van der Waals surface area contributed by atoms with Crippen LogP contribution in [0.2, 0.25) is 0 Å². The van der Waals surface area contributed by atoms with Crippen molar-refractivity contribution in [2.45, 2.75) is 13.1 Å². The fourth-order valence-corrected chi connectivity index (χ4v) is 2.88. The Balaban J connectivity index is 1.60. The molecule has 0 atom stereocenters. The van der Waals surface area contributed by atoms with Crippen molar-refractivity contribution >= 4 is 17.2 Å². The van der Waals surface area contributed by atoms with Crippen LogP contribution >= 0.6 is 0 Å². The van der Waals surface area contributed by atoms with Crippen LogP contribution in [0.3, 0.4) is 0 Å². The van der Waals surface area contributed by atoms with Gasteiger partial charge in [-0.1, -0.05) is 18.2 Å². The smallest absolute Gasteiger partial charge is 0.322 e. The van der Waals surface area contributed by atoms with Gasteiger partial charge in [0.2, 0.25) is 0 Å². The van der Waals surface area contributed by atoms with Crippen LogP contribution < -0.4 is 5.32 Å². The number of benzene rings is 1. The van der Waals surface area contributed by atoms with E-state index in [0.29, 0.717) is 5.69 Å². The summed E-state index contributed by atoms with van der Waals surface area (Å²) in [6.45, 7) is 1.83. The fourth-order valence-electron chi connectivity index (χ4n) is 2.88. The van der Waals surface area contributed by atoms with Gasteiger partial charge in [0.1, 0.15) is 11.3 Å². The molecule has 0 saturated heterocycles. The second kappa shape index (κ2) is 7.05. The molecule has 0 spiro atoms. The van der Waals surface area contributed by atoms with Crippen LogP contribution in [0.1, 0.15) is 21.6 Å². The summed E-state index contributed by atoms with van der Waals surface area (Å²) in [6, 6.07) is 13.1. The number of nitrogens with one attached hydrogen (secondary N) is 1. The summed E-state index contributed by atoms with van der Waals surface area (Å²) >= 11 is 0. The minimum atomic E-state index is -4.55. The van der Waals surface area contributed by atoms with Gasteiger partial charge in [-0.15, -0.1) is 0 Å². The topological polar surface area (TPSA) is 59.3 Å². The van der Waals surface area contributed by atoms with Gasteiger partial charge in [0.25, 0.3) is 5.91 Å². The van der Waals surface area contributed by atoms with Crippen LogP contribution in [-0.2, 0) is 6.18 Å². The van der Waals surface area contributed by atoms with E-state index in [4.69, 9.17) is 0 Å².